The fourth-order valence-electron chi connectivity index (χ4n) is 2.19. The van der Waals surface area contributed by atoms with Gasteiger partial charge in [-0.05, 0) is 46.2 Å². The predicted octanol–water partition coefficient (Wildman–Crippen LogP) is 1.24. The number of rotatable bonds is 6. The van der Waals surface area contributed by atoms with Crippen LogP contribution in [0.1, 0.15) is 32.6 Å². The minimum Gasteiger partial charge on any atom is -0.380 e. The molecule has 15 heavy (non-hydrogen) atoms. The molecule has 2 aliphatic rings. The molecule has 1 saturated heterocycles. The lowest BCUT2D eigenvalue weighted by Crippen LogP contribution is -2.40. The number of hydrogen-bond donors (Lipinski definition) is 1. The molecule has 1 saturated carbocycles. The van der Waals surface area contributed by atoms with Crippen molar-refractivity contribution in [1.82, 2.24) is 10.2 Å². The molecule has 1 aliphatic carbocycles. The maximum atomic E-state index is 5.42. The van der Waals surface area contributed by atoms with Crippen molar-refractivity contribution in [3.8, 4) is 0 Å². The second kappa shape index (κ2) is 5.28. The first kappa shape index (κ1) is 11.4. The number of nitrogens with one attached hydrogen (secondary N) is 1. The van der Waals surface area contributed by atoms with Crippen molar-refractivity contribution in [2.24, 2.45) is 0 Å². The van der Waals surface area contributed by atoms with Crippen LogP contribution in [-0.4, -0.2) is 49.8 Å². The summed E-state index contributed by atoms with van der Waals surface area (Å²) in [4.78, 5) is 2.49. The molecular weight excluding hydrogens is 188 g/mol. The minimum atomic E-state index is 0.654. The standard InChI is InChI=1S/C12H24N2O/c1-10(5-7-13-11-3-4-11)14(2)12-6-8-15-9-12/h10-13H,3-9H2,1-2H3. The first-order chi connectivity index (χ1) is 7.27. The van der Waals surface area contributed by atoms with Gasteiger partial charge in [-0.15, -0.1) is 0 Å². The van der Waals surface area contributed by atoms with Crippen LogP contribution in [0.15, 0.2) is 0 Å². The van der Waals surface area contributed by atoms with E-state index in [0.29, 0.717) is 12.1 Å². The van der Waals surface area contributed by atoms with Crippen molar-refractivity contribution in [2.75, 3.05) is 26.8 Å². The predicted molar refractivity (Wildman–Crippen MR) is 62.1 cm³/mol. The smallest absolute Gasteiger partial charge is 0.0622 e. The fraction of sp³-hybridized carbons (Fsp3) is 1.00. The van der Waals surface area contributed by atoms with Gasteiger partial charge in [0.2, 0.25) is 0 Å². The van der Waals surface area contributed by atoms with Crippen LogP contribution in [-0.2, 0) is 4.74 Å². The molecule has 0 aromatic carbocycles. The molecule has 1 N–H and O–H groups in total. The number of nitrogens with zero attached hydrogens (tertiary/aromatic N) is 1. The summed E-state index contributed by atoms with van der Waals surface area (Å²) in [6, 6.07) is 2.17. The summed E-state index contributed by atoms with van der Waals surface area (Å²) >= 11 is 0. The average Bonchev–Trinajstić information content (AvgIpc) is 2.90. The lowest BCUT2D eigenvalue weighted by atomic mass is 10.1. The number of hydrogen-bond acceptors (Lipinski definition) is 3. The Labute approximate surface area is 93.2 Å². The van der Waals surface area contributed by atoms with Crippen molar-refractivity contribution < 1.29 is 4.74 Å². The van der Waals surface area contributed by atoms with Gasteiger partial charge in [0.15, 0.2) is 0 Å². The summed E-state index contributed by atoms with van der Waals surface area (Å²) < 4.78 is 5.42. The summed E-state index contributed by atoms with van der Waals surface area (Å²) in [7, 11) is 2.24. The Kier molecular flexibility index (Phi) is 4.00. The third kappa shape index (κ3) is 3.44. The van der Waals surface area contributed by atoms with Crippen LogP contribution in [0.25, 0.3) is 0 Å². The second-order valence-corrected chi connectivity index (χ2v) is 5.05. The van der Waals surface area contributed by atoms with Crippen LogP contribution in [0.3, 0.4) is 0 Å². The highest BCUT2D eigenvalue weighted by Gasteiger charge is 2.24. The second-order valence-electron chi connectivity index (χ2n) is 5.05. The first-order valence-electron chi connectivity index (χ1n) is 6.30. The zero-order chi connectivity index (χ0) is 10.7. The van der Waals surface area contributed by atoms with Crippen LogP contribution < -0.4 is 5.32 Å². The van der Waals surface area contributed by atoms with Crippen LogP contribution in [0.2, 0.25) is 0 Å². The quantitative estimate of drug-likeness (QED) is 0.717. The summed E-state index contributed by atoms with van der Waals surface area (Å²) in [5.74, 6) is 0. The number of likely N-dealkylation sites (N-methyl/N-ethyl adjacent to an activating group) is 1. The van der Waals surface area contributed by atoms with Crippen molar-refractivity contribution >= 4 is 0 Å². The topological polar surface area (TPSA) is 24.5 Å². The molecule has 2 unspecified atom stereocenters. The maximum Gasteiger partial charge on any atom is 0.0622 e. The monoisotopic (exact) mass is 212 g/mol. The minimum absolute atomic E-state index is 0.654. The highest BCUT2D eigenvalue weighted by atomic mass is 16.5. The Morgan fingerprint density at radius 2 is 2.20 bits per heavy atom. The molecule has 2 atom stereocenters. The molecule has 0 bridgehead atoms. The molecule has 0 aromatic rings. The summed E-state index contributed by atoms with van der Waals surface area (Å²) in [5.41, 5.74) is 0. The molecule has 0 radical (unpaired) electrons. The van der Waals surface area contributed by atoms with Crippen molar-refractivity contribution in [2.45, 2.75) is 50.7 Å². The first-order valence-corrected chi connectivity index (χ1v) is 6.30. The molecular formula is C12H24N2O. The van der Waals surface area contributed by atoms with E-state index in [4.69, 9.17) is 4.74 Å². The van der Waals surface area contributed by atoms with Crippen molar-refractivity contribution in [3.05, 3.63) is 0 Å². The van der Waals surface area contributed by atoms with Crippen LogP contribution in [0.5, 0.6) is 0 Å². The van der Waals surface area contributed by atoms with E-state index in [0.717, 1.165) is 19.3 Å². The summed E-state index contributed by atoms with van der Waals surface area (Å²) in [6.07, 6.45) is 5.24. The summed E-state index contributed by atoms with van der Waals surface area (Å²) in [5, 5.41) is 3.58. The molecule has 2 fully saturated rings. The lowest BCUT2D eigenvalue weighted by molar-refractivity contribution is 0.134. The van der Waals surface area contributed by atoms with E-state index >= 15 is 0 Å². The van der Waals surface area contributed by atoms with Gasteiger partial charge >= 0.3 is 0 Å². The number of ether oxygens (including phenoxy) is 1. The van der Waals surface area contributed by atoms with E-state index in [1.54, 1.807) is 0 Å². The average molecular weight is 212 g/mol. The van der Waals surface area contributed by atoms with Gasteiger partial charge in [-0.3, -0.25) is 4.90 Å². The van der Waals surface area contributed by atoms with Gasteiger partial charge in [0.05, 0.1) is 6.61 Å². The third-order valence-corrected chi connectivity index (χ3v) is 3.75. The van der Waals surface area contributed by atoms with Gasteiger partial charge in [-0.25, -0.2) is 0 Å². The normalized spacial score (nSPS) is 28.6. The zero-order valence-corrected chi connectivity index (χ0v) is 10.0. The molecule has 0 amide bonds. The Bertz CT molecular complexity index is 188. The molecule has 0 spiro atoms. The molecule has 3 nitrogen and oxygen atoms in total. The molecule has 3 heteroatoms. The maximum absolute atomic E-state index is 5.42. The SMILES string of the molecule is CC(CCNC1CC1)N(C)C1CCOC1. The Balaban J connectivity index is 1.61. The highest BCUT2D eigenvalue weighted by Crippen LogP contribution is 2.19. The van der Waals surface area contributed by atoms with Gasteiger partial charge in [0, 0.05) is 24.7 Å². The fourth-order valence-corrected chi connectivity index (χ4v) is 2.19. The van der Waals surface area contributed by atoms with Crippen molar-refractivity contribution in [1.29, 1.82) is 0 Å². The zero-order valence-electron chi connectivity index (χ0n) is 10.0. The van der Waals surface area contributed by atoms with Crippen molar-refractivity contribution in [3.63, 3.8) is 0 Å². The molecule has 88 valence electrons. The van der Waals surface area contributed by atoms with Gasteiger partial charge in [0.1, 0.15) is 0 Å². The van der Waals surface area contributed by atoms with Gasteiger partial charge in [-0.1, -0.05) is 0 Å². The molecule has 1 aliphatic heterocycles. The van der Waals surface area contributed by atoms with Crippen LogP contribution >= 0.6 is 0 Å². The Hall–Kier alpha value is -0.120. The Morgan fingerprint density at radius 3 is 2.80 bits per heavy atom. The Morgan fingerprint density at radius 1 is 1.40 bits per heavy atom. The van der Waals surface area contributed by atoms with E-state index in [-0.39, 0.29) is 0 Å². The van der Waals surface area contributed by atoms with E-state index in [1.807, 2.05) is 0 Å². The van der Waals surface area contributed by atoms with Crippen LogP contribution in [0.4, 0.5) is 0 Å². The van der Waals surface area contributed by atoms with Crippen LogP contribution in [0, 0.1) is 0 Å². The summed E-state index contributed by atoms with van der Waals surface area (Å²) in [6.45, 7) is 5.37. The molecule has 1 heterocycles. The lowest BCUT2D eigenvalue weighted by Gasteiger charge is -2.29. The van der Waals surface area contributed by atoms with Gasteiger partial charge in [0.25, 0.3) is 0 Å². The van der Waals surface area contributed by atoms with E-state index in [2.05, 4.69) is 24.2 Å². The molecule has 0 aromatic heterocycles. The van der Waals surface area contributed by atoms with Gasteiger partial charge in [-0.2, -0.15) is 0 Å². The van der Waals surface area contributed by atoms with E-state index in [1.165, 1.54) is 32.2 Å². The van der Waals surface area contributed by atoms with Gasteiger partial charge < -0.3 is 10.1 Å². The largest absolute Gasteiger partial charge is 0.380 e. The van der Waals surface area contributed by atoms with E-state index < -0.39 is 0 Å². The highest BCUT2D eigenvalue weighted by molar-refractivity contribution is 4.82. The van der Waals surface area contributed by atoms with E-state index in [9.17, 15) is 0 Å². The molecule has 2 rings (SSSR count). The third-order valence-electron chi connectivity index (χ3n) is 3.75.